The summed E-state index contributed by atoms with van der Waals surface area (Å²) in [6.45, 7) is 0.825. The average molecular weight is 368 g/mol. The van der Waals surface area contributed by atoms with Gasteiger partial charge in [-0.05, 0) is 65.8 Å². The number of carbonyl (C=O) groups excluding carboxylic acids is 1. The van der Waals surface area contributed by atoms with E-state index in [1.54, 1.807) is 12.1 Å². The van der Waals surface area contributed by atoms with Gasteiger partial charge < -0.3 is 10.6 Å². The Morgan fingerprint density at radius 3 is 2.76 bits per heavy atom. The monoisotopic (exact) mass is 366 g/mol. The number of carbonyl (C=O) groups is 1. The van der Waals surface area contributed by atoms with Crippen LogP contribution in [0.4, 0.5) is 5.69 Å². The number of likely N-dealkylation sites (N-methyl/N-ethyl adjacent to an activating group) is 1. The van der Waals surface area contributed by atoms with Crippen molar-refractivity contribution in [3.8, 4) is 0 Å². The summed E-state index contributed by atoms with van der Waals surface area (Å²) in [5.74, 6) is -0.135. The zero-order valence-electron chi connectivity index (χ0n) is 11.6. The van der Waals surface area contributed by atoms with E-state index < -0.39 is 0 Å². The molecule has 0 heterocycles. The molecular formula is C16H16BrClN2O. The van der Waals surface area contributed by atoms with Gasteiger partial charge in [0, 0.05) is 15.1 Å². The lowest BCUT2D eigenvalue weighted by Gasteiger charge is -2.11. The second-order valence-electron chi connectivity index (χ2n) is 4.59. The number of hydrogen-bond donors (Lipinski definition) is 2. The SMILES string of the molecule is CNCCc1ccccc1C(=O)Nc1cc(Cl)ccc1Br. The van der Waals surface area contributed by atoms with Crippen LogP contribution in [0.3, 0.4) is 0 Å². The van der Waals surface area contributed by atoms with Crippen molar-refractivity contribution in [1.82, 2.24) is 5.32 Å². The number of amides is 1. The summed E-state index contributed by atoms with van der Waals surface area (Å²) in [5.41, 5.74) is 2.36. The zero-order chi connectivity index (χ0) is 15.2. The molecule has 21 heavy (non-hydrogen) atoms. The van der Waals surface area contributed by atoms with Gasteiger partial charge in [0.2, 0.25) is 0 Å². The molecule has 2 N–H and O–H groups in total. The van der Waals surface area contributed by atoms with Crippen LogP contribution in [0.1, 0.15) is 15.9 Å². The molecule has 0 spiro atoms. The lowest BCUT2D eigenvalue weighted by atomic mass is 10.0. The fraction of sp³-hybridized carbons (Fsp3) is 0.188. The van der Waals surface area contributed by atoms with Crippen molar-refractivity contribution in [3.05, 3.63) is 63.1 Å². The molecular weight excluding hydrogens is 352 g/mol. The van der Waals surface area contributed by atoms with Gasteiger partial charge >= 0.3 is 0 Å². The van der Waals surface area contributed by atoms with Crippen molar-refractivity contribution in [2.75, 3.05) is 18.9 Å². The molecule has 0 radical (unpaired) electrons. The highest BCUT2D eigenvalue weighted by Crippen LogP contribution is 2.26. The smallest absolute Gasteiger partial charge is 0.255 e. The van der Waals surface area contributed by atoms with Crippen LogP contribution >= 0.6 is 27.5 Å². The largest absolute Gasteiger partial charge is 0.321 e. The van der Waals surface area contributed by atoms with Crippen LogP contribution in [0.15, 0.2) is 46.9 Å². The normalized spacial score (nSPS) is 10.4. The molecule has 3 nitrogen and oxygen atoms in total. The molecule has 2 aromatic carbocycles. The van der Waals surface area contributed by atoms with E-state index in [1.165, 1.54) is 0 Å². The maximum atomic E-state index is 12.5. The Morgan fingerprint density at radius 2 is 2.00 bits per heavy atom. The Labute approximate surface area is 137 Å². The van der Waals surface area contributed by atoms with E-state index in [2.05, 4.69) is 26.6 Å². The molecule has 0 atom stereocenters. The lowest BCUT2D eigenvalue weighted by Crippen LogP contribution is -2.17. The van der Waals surface area contributed by atoms with Crippen molar-refractivity contribution in [2.45, 2.75) is 6.42 Å². The van der Waals surface area contributed by atoms with Crippen LogP contribution in [0.25, 0.3) is 0 Å². The first-order valence-corrected chi connectivity index (χ1v) is 7.78. The maximum Gasteiger partial charge on any atom is 0.255 e. The highest BCUT2D eigenvalue weighted by Gasteiger charge is 2.12. The second kappa shape index (κ2) is 7.59. The van der Waals surface area contributed by atoms with Crippen LogP contribution in [-0.2, 0) is 6.42 Å². The van der Waals surface area contributed by atoms with Gasteiger partial charge in [-0.3, -0.25) is 4.79 Å². The minimum absolute atomic E-state index is 0.135. The van der Waals surface area contributed by atoms with E-state index in [1.807, 2.05) is 37.4 Å². The number of rotatable bonds is 5. The topological polar surface area (TPSA) is 41.1 Å². The molecule has 0 aromatic heterocycles. The molecule has 0 aliphatic carbocycles. The van der Waals surface area contributed by atoms with Gasteiger partial charge in [0.1, 0.15) is 0 Å². The van der Waals surface area contributed by atoms with E-state index in [-0.39, 0.29) is 5.91 Å². The molecule has 1 amide bonds. The third-order valence-electron chi connectivity index (χ3n) is 3.08. The van der Waals surface area contributed by atoms with Crippen LogP contribution in [-0.4, -0.2) is 19.5 Å². The first kappa shape index (κ1) is 16.0. The van der Waals surface area contributed by atoms with Gasteiger partial charge in [0.05, 0.1) is 5.69 Å². The van der Waals surface area contributed by atoms with Crippen LogP contribution in [0.5, 0.6) is 0 Å². The van der Waals surface area contributed by atoms with Gasteiger partial charge in [-0.1, -0.05) is 29.8 Å². The Balaban J connectivity index is 2.22. The Bertz CT molecular complexity index is 646. The number of hydrogen-bond acceptors (Lipinski definition) is 2. The standard InChI is InChI=1S/C16H16BrClN2O/c1-19-9-8-11-4-2-3-5-13(11)16(21)20-15-10-12(18)6-7-14(15)17/h2-7,10,19H,8-9H2,1H3,(H,20,21). The summed E-state index contributed by atoms with van der Waals surface area (Å²) in [4.78, 5) is 12.5. The van der Waals surface area contributed by atoms with E-state index in [0.717, 1.165) is 23.0 Å². The molecule has 0 saturated carbocycles. The fourth-order valence-corrected chi connectivity index (χ4v) is 2.52. The molecule has 0 bridgehead atoms. The van der Waals surface area contributed by atoms with Crippen LogP contribution in [0.2, 0.25) is 5.02 Å². The molecule has 5 heteroatoms. The number of anilines is 1. The molecule has 0 fully saturated rings. The summed E-state index contributed by atoms with van der Waals surface area (Å²) < 4.78 is 0.799. The quantitative estimate of drug-likeness (QED) is 0.835. The fourth-order valence-electron chi connectivity index (χ4n) is 2.00. The van der Waals surface area contributed by atoms with Crippen LogP contribution in [0, 0.1) is 0 Å². The summed E-state index contributed by atoms with van der Waals surface area (Å²) in [6.07, 6.45) is 0.802. The third kappa shape index (κ3) is 4.30. The minimum atomic E-state index is -0.135. The molecule has 0 aliphatic heterocycles. The van der Waals surface area contributed by atoms with Crippen molar-refractivity contribution in [3.63, 3.8) is 0 Å². The van der Waals surface area contributed by atoms with Crippen LogP contribution < -0.4 is 10.6 Å². The van der Waals surface area contributed by atoms with Crippen molar-refractivity contribution in [2.24, 2.45) is 0 Å². The molecule has 0 unspecified atom stereocenters. The first-order valence-electron chi connectivity index (χ1n) is 6.60. The van der Waals surface area contributed by atoms with E-state index in [0.29, 0.717) is 16.3 Å². The number of nitrogens with one attached hydrogen (secondary N) is 2. The summed E-state index contributed by atoms with van der Waals surface area (Å²) in [5, 5.41) is 6.57. The predicted octanol–water partition coefficient (Wildman–Crippen LogP) is 4.12. The molecule has 0 aliphatic rings. The van der Waals surface area contributed by atoms with Gasteiger partial charge in [0.25, 0.3) is 5.91 Å². The lowest BCUT2D eigenvalue weighted by molar-refractivity contribution is 0.102. The van der Waals surface area contributed by atoms with Crippen molar-refractivity contribution in [1.29, 1.82) is 0 Å². The van der Waals surface area contributed by atoms with E-state index >= 15 is 0 Å². The number of halogens is 2. The number of benzene rings is 2. The molecule has 110 valence electrons. The van der Waals surface area contributed by atoms with Crippen molar-refractivity contribution < 1.29 is 4.79 Å². The highest BCUT2D eigenvalue weighted by atomic mass is 79.9. The molecule has 2 aromatic rings. The van der Waals surface area contributed by atoms with E-state index in [9.17, 15) is 4.79 Å². The van der Waals surface area contributed by atoms with Gasteiger partial charge in [-0.2, -0.15) is 0 Å². The second-order valence-corrected chi connectivity index (χ2v) is 5.88. The summed E-state index contributed by atoms with van der Waals surface area (Å²) in [6, 6.07) is 12.9. The van der Waals surface area contributed by atoms with Gasteiger partial charge in [0.15, 0.2) is 0 Å². The Hall–Kier alpha value is -1.36. The Kier molecular flexibility index (Phi) is 5.79. The summed E-state index contributed by atoms with van der Waals surface area (Å²) >= 11 is 9.37. The Morgan fingerprint density at radius 1 is 1.24 bits per heavy atom. The highest BCUT2D eigenvalue weighted by molar-refractivity contribution is 9.10. The predicted molar refractivity (Wildman–Crippen MR) is 91.2 cm³/mol. The van der Waals surface area contributed by atoms with E-state index in [4.69, 9.17) is 11.6 Å². The molecule has 0 saturated heterocycles. The third-order valence-corrected chi connectivity index (χ3v) is 4.01. The first-order chi connectivity index (χ1) is 10.1. The van der Waals surface area contributed by atoms with Crippen molar-refractivity contribution >= 4 is 39.1 Å². The maximum absolute atomic E-state index is 12.5. The summed E-state index contributed by atoms with van der Waals surface area (Å²) in [7, 11) is 1.89. The average Bonchev–Trinajstić information content (AvgIpc) is 2.49. The minimum Gasteiger partial charge on any atom is -0.321 e. The molecule has 2 rings (SSSR count). The van der Waals surface area contributed by atoms with Gasteiger partial charge in [-0.15, -0.1) is 0 Å². The zero-order valence-corrected chi connectivity index (χ0v) is 14.0. The van der Waals surface area contributed by atoms with Gasteiger partial charge in [-0.25, -0.2) is 0 Å².